The number of hydrogen-bond acceptors (Lipinski definition) is 3. The number of ether oxygens (including phenoxy) is 2. The Labute approximate surface area is 97.0 Å². The van der Waals surface area contributed by atoms with Gasteiger partial charge in [0.2, 0.25) is 0 Å². The molecule has 1 unspecified atom stereocenters. The van der Waals surface area contributed by atoms with E-state index in [1.807, 2.05) is 12.1 Å². The van der Waals surface area contributed by atoms with Gasteiger partial charge in [0.05, 0.1) is 20.3 Å². The molecule has 1 N–H and O–H groups in total. The summed E-state index contributed by atoms with van der Waals surface area (Å²) in [5, 5.41) is 9.65. The molecule has 0 heterocycles. The van der Waals surface area contributed by atoms with Crippen LogP contribution in [0.3, 0.4) is 0 Å². The Bertz CT molecular complexity index is 321. The van der Waals surface area contributed by atoms with E-state index in [1.54, 1.807) is 21.1 Å². The van der Waals surface area contributed by atoms with Crippen molar-refractivity contribution in [2.24, 2.45) is 0 Å². The summed E-state index contributed by atoms with van der Waals surface area (Å²) >= 11 is 0. The fourth-order valence-electron chi connectivity index (χ4n) is 1.72. The third-order valence-electron chi connectivity index (χ3n) is 2.65. The van der Waals surface area contributed by atoms with E-state index in [4.69, 9.17) is 9.47 Å². The number of aliphatic hydroxyl groups is 1. The molecule has 0 radical (unpaired) electrons. The Morgan fingerprint density at radius 2 is 1.38 bits per heavy atom. The molecule has 0 saturated heterocycles. The minimum atomic E-state index is -0.565. The minimum absolute atomic E-state index is 0.354. The molecule has 0 spiro atoms. The monoisotopic (exact) mass is 224 g/mol. The van der Waals surface area contributed by atoms with E-state index in [2.05, 4.69) is 13.8 Å². The number of aliphatic hydroxyl groups excluding tert-OH is 1. The molecular formula is C13H20O3. The molecule has 16 heavy (non-hydrogen) atoms. The first-order valence-corrected chi connectivity index (χ1v) is 5.45. The van der Waals surface area contributed by atoms with Gasteiger partial charge >= 0.3 is 0 Å². The lowest BCUT2D eigenvalue weighted by molar-refractivity contribution is 0.193. The summed E-state index contributed by atoms with van der Waals surface area (Å²) in [6.45, 7) is 5.91. The SMILES string of the molecule is COc1cc(C(C)O)c(OC)cc1C(C)C. The van der Waals surface area contributed by atoms with Crippen molar-refractivity contribution in [3.05, 3.63) is 23.3 Å². The van der Waals surface area contributed by atoms with Crippen molar-refractivity contribution >= 4 is 0 Å². The van der Waals surface area contributed by atoms with Gasteiger partial charge in [-0.25, -0.2) is 0 Å². The van der Waals surface area contributed by atoms with Crippen LogP contribution in [-0.2, 0) is 0 Å². The molecule has 0 aliphatic heterocycles. The standard InChI is InChI=1S/C13H20O3/c1-8(2)10-6-13(16-5)11(9(3)14)7-12(10)15-4/h6-9,14H,1-5H3. The van der Waals surface area contributed by atoms with Crippen LogP contribution in [-0.4, -0.2) is 19.3 Å². The summed E-state index contributed by atoms with van der Waals surface area (Å²) in [7, 11) is 3.25. The normalized spacial score (nSPS) is 12.7. The molecule has 0 amide bonds. The van der Waals surface area contributed by atoms with Crippen LogP contribution in [0.15, 0.2) is 12.1 Å². The second-order valence-corrected chi connectivity index (χ2v) is 4.17. The zero-order valence-corrected chi connectivity index (χ0v) is 10.6. The topological polar surface area (TPSA) is 38.7 Å². The summed E-state index contributed by atoms with van der Waals surface area (Å²) in [6.07, 6.45) is -0.565. The maximum Gasteiger partial charge on any atom is 0.125 e. The molecule has 0 aromatic heterocycles. The van der Waals surface area contributed by atoms with E-state index < -0.39 is 6.10 Å². The fourth-order valence-corrected chi connectivity index (χ4v) is 1.72. The van der Waals surface area contributed by atoms with Gasteiger partial charge in [-0.2, -0.15) is 0 Å². The predicted octanol–water partition coefficient (Wildman–Crippen LogP) is 2.88. The summed E-state index contributed by atoms with van der Waals surface area (Å²) in [4.78, 5) is 0. The summed E-state index contributed by atoms with van der Waals surface area (Å²) in [5.41, 5.74) is 1.84. The molecule has 1 rings (SSSR count). The van der Waals surface area contributed by atoms with Crippen molar-refractivity contribution in [2.75, 3.05) is 14.2 Å². The first kappa shape index (κ1) is 12.8. The van der Waals surface area contributed by atoms with Gasteiger partial charge in [-0.3, -0.25) is 0 Å². The highest BCUT2D eigenvalue weighted by molar-refractivity contribution is 5.48. The Balaban J connectivity index is 3.34. The van der Waals surface area contributed by atoms with Crippen LogP contribution >= 0.6 is 0 Å². The van der Waals surface area contributed by atoms with E-state index in [-0.39, 0.29) is 0 Å². The van der Waals surface area contributed by atoms with Gasteiger partial charge in [-0.05, 0) is 25.0 Å². The van der Waals surface area contributed by atoms with Gasteiger partial charge < -0.3 is 14.6 Å². The quantitative estimate of drug-likeness (QED) is 0.854. The van der Waals surface area contributed by atoms with Gasteiger partial charge in [0, 0.05) is 11.1 Å². The molecule has 1 aromatic carbocycles. The van der Waals surface area contributed by atoms with E-state index in [0.717, 1.165) is 16.9 Å². The van der Waals surface area contributed by atoms with Crippen LogP contribution < -0.4 is 9.47 Å². The predicted molar refractivity (Wildman–Crippen MR) is 64.3 cm³/mol. The molecule has 90 valence electrons. The molecule has 1 aromatic rings. The van der Waals surface area contributed by atoms with Crippen LogP contribution in [0.2, 0.25) is 0 Å². The minimum Gasteiger partial charge on any atom is -0.496 e. The molecule has 0 aliphatic carbocycles. The molecular weight excluding hydrogens is 204 g/mol. The van der Waals surface area contributed by atoms with Crippen molar-refractivity contribution in [3.63, 3.8) is 0 Å². The van der Waals surface area contributed by atoms with Gasteiger partial charge in [-0.15, -0.1) is 0 Å². The van der Waals surface area contributed by atoms with Crippen LogP contribution in [0.4, 0.5) is 0 Å². The summed E-state index contributed by atoms with van der Waals surface area (Å²) < 4.78 is 10.6. The van der Waals surface area contributed by atoms with Gasteiger partial charge in [-0.1, -0.05) is 13.8 Å². The maximum absolute atomic E-state index is 9.65. The van der Waals surface area contributed by atoms with Crippen LogP contribution in [0.25, 0.3) is 0 Å². The van der Waals surface area contributed by atoms with Gasteiger partial charge in [0.15, 0.2) is 0 Å². The third-order valence-corrected chi connectivity index (χ3v) is 2.65. The highest BCUT2D eigenvalue weighted by Crippen LogP contribution is 2.36. The fraction of sp³-hybridized carbons (Fsp3) is 0.538. The van der Waals surface area contributed by atoms with Crippen molar-refractivity contribution in [1.82, 2.24) is 0 Å². The third kappa shape index (κ3) is 2.47. The summed E-state index contributed by atoms with van der Waals surface area (Å²) in [6, 6.07) is 3.78. The average molecular weight is 224 g/mol. The Morgan fingerprint density at radius 3 is 1.75 bits per heavy atom. The smallest absolute Gasteiger partial charge is 0.125 e. The lowest BCUT2D eigenvalue weighted by atomic mass is 9.98. The molecule has 0 aliphatic rings. The lowest BCUT2D eigenvalue weighted by Crippen LogP contribution is -2.02. The number of methoxy groups -OCH3 is 2. The van der Waals surface area contributed by atoms with Crippen molar-refractivity contribution in [2.45, 2.75) is 32.8 Å². The molecule has 1 atom stereocenters. The van der Waals surface area contributed by atoms with E-state index in [0.29, 0.717) is 11.7 Å². The first-order chi connectivity index (χ1) is 7.51. The molecule has 3 nitrogen and oxygen atoms in total. The number of benzene rings is 1. The number of hydrogen-bond donors (Lipinski definition) is 1. The highest BCUT2D eigenvalue weighted by Gasteiger charge is 2.16. The van der Waals surface area contributed by atoms with Crippen molar-refractivity contribution in [1.29, 1.82) is 0 Å². The molecule has 0 saturated carbocycles. The lowest BCUT2D eigenvalue weighted by Gasteiger charge is -2.18. The van der Waals surface area contributed by atoms with E-state index in [9.17, 15) is 5.11 Å². The molecule has 0 bridgehead atoms. The highest BCUT2D eigenvalue weighted by atomic mass is 16.5. The van der Waals surface area contributed by atoms with Crippen molar-refractivity contribution in [3.8, 4) is 11.5 Å². The van der Waals surface area contributed by atoms with Gasteiger partial charge in [0.1, 0.15) is 11.5 Å². The van der Waals surface area contributed by atoms with Crippen molar-refractivity contribution < 1.29 is 14.6 Å². The van der Waals surface area contributed by atoms with Crippen LogP contribution in [0.1, 0.15) is 43.9 Å². The van der Waals surface area contributed by atoms with E-state index >= 15 is 0 Å². The number of rotatable bonds is 4. The first-order valence-electron chi connectivity index (χ1n) is 5.45. The van der Waals surface area contributed by atoms with Crippen LogP contribution in [0, 0.1) is 0 Å². The Hall–Kier alpha value is -1.22. The van der Waals surface area contributed by atoms with Gasteiger partial charge in [0.25, 0.3) is 0 Å². The summed E-state index contributed by atoms with van der Waals surface area (Å²) in [5.74, 6) is 1.86. The molecule has 3 heteroatoms. The Morgan fingerprint density at radius 1 is 0.938 bits per heavy atom. The van der Waals surface area contributed by atoms with E-state index in [1.165, 1.54) is 0 Å². The zero-order valence-electron chi connectivity index (χ0n) is 10.6. The van der Waals surface area contributed by atoms with Crippen LogP contribution in [0.5, 0.6) is 11.5 Å². The second-order valence-electron chi connectivity index (χ2n) is 4.17. The second kappa shape index (κ2) is 5.21. The molecule has 0 fully saturated rings. The Kier molecular flexibility index (Phi) is 4.19. The average Bonchev–Trinajstić information content (AvgIpc) is 2.26. The zero-order chi connectivity index (χ0) is 12.3. The largest absolute Gasteiger partial charge is 0.496 e. The maximum atomic E-state index is 9.65.